The number of nitrogens with two attached hydrogens (primary N) is 1. The summed E-state index contributed by atoms with van der Waals surface area (Å²) >= 11 is 0. The molecule has 138 valence electrons. The number of benzene rings is 1. The number of sulfonamides is 1. The van der Waals surface area contributed by atoms with Crippen molar-refractivity contribution in [1.82, 2.24) is 4.72 Å². The van der Waals surface area contributed by atoms with Gasteiger partial charge in [0.05, 0.1) is 11.5 Å². The first-order valence-corrected chi connectivity index (χ1v) is 9.74. The summed E-state index contributed by atoms with van der Waals surface area (Å²) in [6.45, 7) is 3.04. The van der Waals surface area contributed by atoms with E-state index in [0.717, 1.165) is 37.7 Å². The Balaban J connectivity index is 0.00000288. The molecule has 0 saturated heterocycles. The first-order chi connectivity index (χ1) is 10.9. The summed E-state index contributed by atoms with van der Waals surface area (Å²) in [5.41, 5.74) is 6.49. The van der Waals surface area contributed by atoms with Crippen molar-refractivity contribution in [2.24, 2.45) is 11.7 Å². The van der Waals surface area contributed by atoms with Crippen molar-refractivity contribution in [1.29, 1.82) is 0 Å². The Morgan fingerprint density at radius 2 is 1.96 bits per heavy atom. The molecule has 0 amide bonds. The highest BCUT2D eigenvalue weighted by Gasteiger charge is 2.40. The quantitative estimate of drug-likeness (QED) is 0.765. The summed E-state index contributed by atoms with van der Waals surface area (Å²) in [4.78, 5) is 0.296. The van der Waals surface area contributed by atoms with E-state index in [4.69, 9.17) is 10.5 Å². The van der Waals surface area contributed by atoms with Crippen LogP contribution in [0.4, 0.5) is 0 Å². The Labute approximate surface area is 151 Å². The van der Waals surface area contributed by atoms with Crippen LogP contribution in [0.3, 0.4) is 0 Å². The van der Waals surface area contributed by atoms with Crippen molar-refractivity contribution < 1.29 is 13.2 Å². The van der Waals surface area contributed by atoms with Gasteiger partial charge in [0, 0.05) is 19.2 Å². The van der Waals surface area contributed by atoms with Crippen LogP contribution in [0.15, 0.2) is 29.2 Å². The third-order valence-electron chi connectivity index (χ3n) is 4.98. The minimum absolute atomic E-state index is 0. The van der Waals surface area contributed by atoms with Crippen molar-refractivity contribution in [3.8, 4) is 0 Å². The number of methoxy groups -OCH3 is 1. The molecule has 1 aliphatic carbocycles. The summed E-state index contributed by atoms with van der Waals surface area (Å²) < 4.78 is 33.4. The molecule has 0 heterocycles. The lowest BCUT2D eigenvalue weighted by atomic mass is 9.74. The van der Waals surface area contributed by atoms with E-state index in [2.05, 4.69) is 11.6 Å². The van der Waals surface area contributed by atoms with Gasteiger partial charge >= 0.3 is 0 Å². The molecule has 1 fully saturated rings. The zero-order valence-corrected chi connectivity index (χ0v) is 16.1. The zero-order valence-electron chi connectivity index (χ0n) is 14.5. The van der Waals surface area contributed by atoms with E-state index in [1.54, 1.807) is 19.2 Å². The Bertz CT molecular complexity index is 607. The molecule has 0 aromatic heterocycles. The SMILES string of the molecule is COCCc1ccc(S(=O)(=O)NC2(CN)CCCCC2C)cc1.Cl. The lowest BCUT2D eigenvalue weighted by Crippen LogP contribution is -2.58. The minimum Gasteiger partial charge on any atom is -0.384 e. The molecule has 1 aromatic rings. The van der Waals surface area contributed by atoms with Gasteiger partial charge < -0.3 is 10.5 Å². The number of hydrogen-bond acceptors (Lipinski definition) is 4. The van der Waals surface area contributed by atoms with Crippen molar-refractivity contribution in [2.45, 2.75) is 49.5 Å². The highest BCUT2D eigenvalue weighted by atomic mass is 35.5. The molecule has 2 rings (SSSR count). The molecular formula is C17H29ClN2O3S. The van der Waals surface area contributed by atoms with Gasteiger partial charge in [-0.3, -0.25) is 0 Å². The molecular weight excluding hydrogens is 348 g/mol. The van der Waals surface area contributed by atoms with Gasteiger partial charge in [-0.25, -0.2) is 13.1 Å². The van der Waals surface area contributed by atoms with Crippen molar-refractivity contribution >= 4 is 22.4 Å². The standard InChI is InChI=1S/C17H28N2O3S.ClH/c1-14-5-3-4-11-17(14,13-18)19-23(20,21)16-8-6-15(7-9-16)10-12-22-2;/h6-9,14,19H,3-5,10-13,18H2,1-2H3;1H. The second kappa shape index (κ2) is 9.15. The molecule has 3 N–H and O–H groups in total. The molecule has 2 unspecified atom stereocenters. The third-order valence-corrected chi connectivity index (χ3v) is 6.55. The van der Waals surface area contributed by atoms with Crippen LogP contribution in [-0.4, -0.2) is 34.2 Å². The van der Waals surface area contributed by atoms with E-state index in [1.807, 2.05) is 12.1 Å². The Hall–Kier alpha value is -0.660. The lowest BCUT2D eigenvalue weighted by Gasteiger charge is -2.42. The van der Waals surface area contributed by atoms with Gasteiger partial charge in [-0.1, -0.05) is 31.9 Å². The maximum atomic E-state index is 12.7. The molecule has 1 saturated carbocycles. The van der Waals surface area contributed by atoms with Gasteiger partial charge in [0.25, 0.3) is 0 Å². The second-order valence-corrected chi connectivity index (χ2v) is 8.18. The van der Waals surface area contributed by atoms with Crippen molar-refractivity contribution in [2.75, 3.05) is 20.3 Å². The van der Waals surface area contributed by atoms with E-state index < -0.39 is 15.6 Å². The summed E-state index contributed by atoms with van der Waals surface area (Å²) in [6.07, 6.45) is 4.73. The predicted octanol–water partition coefficient (Wildman–Crippen LogP) is 2.48. The van der Waals surface area contributed by atoms with E-state index in [0.29, 0.717) is 18.0 Å². The molecule has 0 radical (unpaired) electrons. The van der Waals surface area contributed by atoms with Gasteiger partial charge in [0.2, 0.25) is 10.0 Å². The summed E-state index contributed by atoms with van der Waals surface area (Å²) in [5.74, 6) is 0.247. The van der Waals surface area contributed by atoms with Gasteiger partial charge in [0.15, 0.2) is 0 Å². The fraction of sp³-hybridized carbons (Fsp3) is 0.647. The number of nitrogens with one attached hydrogen (secondary N) is 1. The van der Waals surface area contributed by atoms with Crippen molar-refractivity contribution in [3.63, 3.8) is 0 Å². The van der Waals surface area contributed by atoms with E-state index in [-0.39, 0.29) is 18.3 Å². The monoisotopic (exact) mass is 376 g/mol. The molecule has 0 bridgehead atoms. The number of ether oxygens (including phenoxy) is 1. The zero-order chi connectivity index (χ0) is 16.9. The molecule has 0 spiro atoms. The lowest BCUT2D eigenvalue weighted by molar-refractivity contribution is 0.191. The van der Waals surface area contributed by atoms with Crippen LogP contribution in [0.25, 0.3) is 0 Å². The van der Waals surface area contributed by atoms with E-state index in [9.17, 15) is 8.42 Å². The fourth-order valence-electron chi connectivity index (χ4n) is 3.29. The van der Waals surface area contributed by atoms with Crippen LogP contribution < -0.4 is 10.5 Å². The van der Waals surface area contributed by atoms with Crippen LogP contribution >= 0.6 is 12.4 Å². The molecule has 2 atom stereocenters. The van der Waals surface area contributed by atoms with Crippen LogP contribution in [0, 0.1) is 5.92 Å². The maximum Gasteiger partial charge on any atom is 0.241 e. The summed E-state index contributed by atoms with van der Waals surface area (Å²) in [5, 5.41) is 0. The molecule has 1 aliphatic rings. The normalized spacial score (nSPS) is 24.4. The summed E-state index contributed by atoms with van der Waals surface area (Å²) in [6, 6.07) is 7.00. The highest BCUT2D eigenvalue weighted by molar-refractivity contribution is 7.89. The minimum atomic E-state index is -3.56. The number of rotatable bonds is 7. The smallest absolute Gasteiger partial charge is 0.241 e. The van der Waals surface area contributed by atoms with Crippen LogP contribution in [0.2, 0.25) is 0 Å². The summed E-state index contributed by atoms with van der Waals surface area (Å²) in [7, 11) is -1.91. The van der Waals surface area contributed by atoms with Crippen LogP contribution in [0.5, 0.6) is 0 Å². The van der Waals surface area contributed by atoms with Gasteiger partial charge in [0.1, 0.15) is 0 Å². The van der Waals surface area contributed by atoms with E-state index in [1.165, 1.54) is 0 Å². The van der Waals surface area contributed by atoms with Gasteiger partial charge in [-0.15, -0.1) is 12.4 Å². The second-order valence-electron chi connectivity index (χ2n) is 6.50. The molecule has 24 heavy (non-hydrogen) atoms. The first kappa shape index (κ1) is 21.4. The molecule has 1 aromatic carbocycles. The largest absolute Gasteiger partial charge is 0.384 e. The molecule has 7 heteroatoms. The first-order valence-electron chi connectivity index (χ1n) is 8.25. The Morgan fingerprint density at radius 3 is 2.50 bits per heavy atom. The molecule has 5 nitrogen and oxygen atoms in total. The van der Waals surface area contributed by atoms with Gasteiger partial charge in [-0.05, 0) is 42.9 Å². The fourth-order valence-corrected chi connectivity index (χ4v) is 4.83. The Morgan fingerprint density at radius 1 is 1.29 bits per heavy atom. The number of halogens is 1. The topological polar surface area (TPSA) is 81.4 Å². The Kier molecular flexibility index (Phi) is 8.15. The third kappa shape index (κ3) is 4.92. The van der Waals surface area contributed by atoms with Crippen LogP contribution in [-0.2, 0) is 21.2 Å². The average molecular weight is 377 g/mol. The number of hydrogen-bond donors (Lipinski definition) is 2. The molecule has 0 aliphatic heterocycles. The highest BCUT2D eigenvalue weighted by Crippen LogP contribution is 2.34. The van der Waals surface area contributed by atoms with Crippen LogP contribution in [0.1, 0.15) is 38.2 Å². The average Bonchev–Trinajstić information content (AvgIpc) is 2.55. The predicted molar refractivity (Wildman–Crippen MR) is 99.0 cm³/mol. The van der Waals surface area contributed by atoms with Crippen molar-refractivity contribution in [3.05, 3.63) is 29.8 Å². The van der Waals surface area contributed by atoms with E-state index >= 15 is 0 Å². The maximum absolute atomic E-state index is 12.7. The van der Waals surface area contributed by atoms with Gasteiger partial charge in [-0.2, -0.15) is 0 Å².